The molecule has 8 nitrogen and oxygen atoms in total. The normalized spacial score (nSPS) is 13.8. The lowest BCUT2D eigenvalue weighted by Crippen LogP contribution is -2.39. The van der Waals surface area contributed by atoms with Gasteiger partial charge in [0.05, 0.1) is 26.0 Å². The Balaban J connectivity index is 1.45. The van der Waals surface area contributed by atoms with Crippen molar-refractivity contribution in [1.29, 1.82) is 0 Å². The molecular formula is C22H19F3N4O4. The third kappa shape index (κ3) is 5.37. The van der Waals surface area contributed by atoms with Gasteiger partial charge in [0.2, 0.25) is 11.8 Å². The van der Waals surface area contributed by atoms with Crippen molar-refractivity contribution in [3.8, 4) is 17.1 Å². The Hall–Kier alpha value is -3.73. The van der Waals surface area contributed by atoms with Gasteiger partial charge in [-0.1, -0.05) is 30.3 Å². The Kier molecular flexibility index (Phi) is 6.40. The summed E-state index contributed by atoms with van der Waals surface area (Å²) in [5.41, 5.74) is 1.39. The van der Waals surface area contributed by atoms with Crippen LogP contribution >= 0.6 is 0 Å². The lowest BCUT2D eigenvalue weighted by Gasteiger charge is -2.27. The molecule has 0 atom stereocenters. The zero-order valence-electron chi connectivity index (χ0n) is 17.4. The molecule has 0 amide bonds. The first-order valence-corrected chi connectivity index (χ1v) is 9.90. The third-order valence-corrected chi connectivity index (χ3v) is 4.79. The van der Waals surface area contributed by atoms with Gasteiger partial charge in [0.25, 0.3) is 0 Å². The average Bonchev–Trinajstić information content (AvgIpc) is 2.79. The molecule has 1 fully saturated rings. The van der Waals surface area contributed by atoms with E-state index in [0.29, 0.717) is 11.9 Å². The molecule has 1 aromatic carbocycles. The number of pyridine rings is 1. The zero-order valence-corrected chi connectivity index (χ0v) is 17.4. The number of nitrogens with one attached hydrogen (secondary N) is 1. The molecular weight excluding hydrogens is 441 g/mol. The van der Waals surface area contributed by atoms with Gasteiger partial charge in [0.15, 0.2) is 0 Å². The maximum atomic E-state index is 13.2. The molecule has 172 valence electrons. The van der Waals surface area contributed by atoms with Crippen molar-refractivity contribution in [2.24, 2.45) is 0 Å². The summed E-state index contributed by atoms with van der Waals surface area (Å²) in [7, 11) is 1.29. The summed E-state index contributed by atoms with van der Waals surface area (Å²) in [5, 5.41) is 2.90. The molecule has 33 heavy (non-hydrogen) atoms. The van der Waals surface area contributed by atoms with Crippen LogP contribution in [0.2, 0.25) is 0 Å². The highest BCUT2D eigenvalue weighted by Crippen LogP contribution is 2.36. The highest BCUT2D eigenvalue weighted by atomic mass is 19.4. The Morgan fingerprint density at radius 2 is 1.91 bits per heavy atom. The Morgan fingerprint density at radius 1 is 1.15 bits per heavy atom. The molecule has 1 N–H and O–H groups in total. The lowest BCUT2D eigenvalue weighted by atomic mass is 10.1. The van der Waals surface area contributed by atoms with Gasteiger partial charge in [-0.25, -0.2) is 14.8 Å². The van der Waals surface area contributed by atoms with E-state index in [1.807, 2.05) is 24.3 Å². The number of halogens is 3. The molecule has 0 unspecified atom stereocenters. The topological polar surface area (TPSA) is 95.5 Å². The molecule has 0 aliphatic carbocycles. The summed E-state index contributed by atoms with van der Waals surface area (Å²) >= 11 is 0. The quantitative estimate of drug-likeness (QED) is 0.533. The first kappa shape index (κ1) is 22.5. The van der Waals surface area contributed by atoms with Crippen molar-refractivity contribution in [2.45, 2.75) is 18.8 Å². The fraction of sp³-hybridized carbons (Fsp3) is 0.273. The van der Waals surface area contributed by atoms with Gasteiger partial charge in [0.1, 0.15) is 17.4 Å². The fourth-order valence-corrected chi connectivity index (χ4v) is 2.96. The van der Waals surface area contributed by atoms with Crippen LogP contribution in [0.5, 0.6) is 5.88 Å². The molecule has 0 radical (unpaired) electrons. The molecule has 0 bridgehead atoms. The van der Waals surface area contributed by atoms with E-state index in [1.54, 1.807) is 18.2 Å². The van der Waals surface area contributed by atoms with E-state index in [9.17, 15) is 18.0 Å². The first-order valence-electron chi connectivity index (χ1n) is 9.90. The second-order valence-electron chi connectivity index (χ2n) is 7.14. The summed E-state index contributed by atoms with van der Waals surface area (Å²) in [4.78, 5) is 23.6. The maximum absolute atomic E-state index is 13.2. The van der Waals surface area contributed by atoms with Gasteiger partial charge in [0, 0.05) is 18.3 Å². The summed E-state index contributed by atoms with van der Waals surface area (Å²) in [5.74, 6) is -1.04. The summed E-state index contributed by atoms with van der Waals surface area (Å²) in [6, 6.07) is 12.3. The second kappa shape index (κ2) is 9.41. The highest BCUT2D eigenvalue weighted by molar-refractivity contribution is 5.87. The van der Waals surface area contributed by atoms with Crippen LogP contribution in [0.3, 0.4) is 0 Å². The number of alkyl halides is 3. The molecule has 3 aromatic rings. The van der Waals surface area contributed by atoms with E-state index >= 15 is 0 Å². The first-order chi connectivity index (χ1) is 15.8. The average molecular weight is 460 g/mol. The maximum Gasteiger partial charge on any atom is 0.423 e. The molecule has 0 spiro atoms. The Morgan fingerprint density at radius 3 is 2.55 bits per heavy atom. The SMILES string of the molecule is COC(=O)c1cccc(-c2ccc(CNc3ncc(C(F)(F)F)c(OC4COC4)n3)cc2)n1. The van der Waals surface area contributed by atoms with Crippen LogP contribution in [0.25, 0.3) is 11.3 Å². The lowest BCUT2D eigenvalue weighted by molar-refractivity contribution is -0.142. The molecule has 2 aromatic heterocycles. The van der Waals surface area contributed by atoms with Crippen LogP contribution < -0.4 is 10.1 Å². The second-order valence-corrected chi connectivity index (χ2v) is 7.14. The minimum atomic E-state index is -4.63. The van der Waals surface area contributed by atoms with Crippen molar-refractivity contribution in [3.05, 3.63) is 65.5 Å². The summed E-state index contributed by atoms with van der Waals surface area (Å²) < 4.78 is 54.6. The standard InChI is InChI=1S/C22H19F3N4O4/c1-31-20(30)18-4-2-3-17(28-18)14-7-5-13(6-8-14)9-26-21-27-10-16(22(23,24)25)19(29-21)33-15-11-32-12-15/h2-8,10,15H,9,11-12H2,1H3,(H,26,27,29). The largest absolute Gasteiger partial charge is 0.469 e. The molecule has 3 heterocycles. The van der Waals surface area contributed by atoms with E-state index in [1.165, 1.54) is 7.11 Å². The number of carbonyl (C=O) groups excluding carboxylic acids is 1. The number of hydrogen-bond acceptors (Lipinski definition) is 8. The van der Waals surface area contributed by atoms with Crippen LogP contribution in [0.1, 0.15) is 21.6 Å². The zero-order chi connectivity index (χ0) is 23.4. The van der Waals surface area contributed by atoms with E-state index in [2.05, 4.69) is 25.0 Å². The van der Waals surface area contributed by atoms with Crippen molar-refractivity contribution < 1.29 is 32.2 Å². The van der Waals surface area contributed by atoms with Crippen molar-refractivity contribution in [3.63, 3.8) is 0 Å². The molecule has 0 saturated carbocycles. The van der Waals surface area contributed by atoms with Crippen LogP contribution in [0.4, 0.5) is 19.1 Å². The van der Waals surface area contributed by atoms with Gasteiger partial charge in [-0.3, -0.25) is 0 Å². The van der Waals surface area contributed by atoms with Gasteiger partial charge in [-0.15, -0.1) is 0 Å². The van der Waals surface area contributed by atoms with E-state index in [0.717, 1.165) is 11.1 Å². The molecule has 1 aliphatic heterocycles. The minimum absolute atomic E-state index is 0.00904. The van der Waals surface area contributed by atoms with Crippen LogP contribution in [0.15, 0.2) is 48.7 Å². The van der Waals surface area contributed by atoms with Crippen molar-refractivity contribution >= 4 is 11.9 Å². The molecule has 11 heteroatoms. The number of carbonyl (C=O) groups is 1. The third-order valence-electron chi connectivity index (χ3n) is 4.79. The monoisotopic (exact) mass is 460 g/mol. The van der Waals surface area contributed by atoms with Crippen molar-refractivity contribution in [2.75, 3.05) is 25.6 Å². The number of esters is 1. The van der Waals surface area contributed by atoms with E-state index in [-0.39, 0.29) is 31.4 Å². The summed E-state index contributed by atoms with van der Waals surface area (Å²) in [6.45, 7) is 0.703. The summed E-state index contributed by atoms with van der Waals surface area (Å²) in [6.07, 6.45) is -4.39. The van der Waals surface area contributed by atoms with Gasteiger partial charge in [-0.05, 0) is 17.7 Å². The van der Waals surface area contributed by atoms with Crippen LogP contribution in [-0.2, 0) is 22.2 Å². The fourth-order valence-electron chi connectivity index (χ4n) is 2.96. The smallest absolute Gasteiger partial charge is 0.423 e. The number of hydrogen-bond donors (Lipinski definition) is 1. The Labute approximate surface area is 186 Å². The minimum Gasteiger partial charge on any atom is -0.469 e. The number of nitrogens with zero attached hydrogens (tertiary/aromatic N) is 3. The number of anilines is 1. The number of benzene rings is 1. The van der Waals surface area contributed by atoms with Crippen molar-refractivity contribution in [1.82, 2.24) is 15.0 Å². The number of aromatic nitrogens is 3. The molecule has 4 rings (SSSR count). The molecule has 1 saturated heterocycles. The van der Waals surface area contributed by atoms with Gasteiger partial charge >= 0.3 is 12.1 Å². The van der Waals surface area contributed by atoms with Gasteiger partial charge in [-0.2, -0.15) is 18.2 Å². The van der Waals surface area contributed by atoms with E-state index < -0.39 is 29.7 Å². The van der Waals surface area contributed by atoms with E-state index in [4.69, 9.17) is 9.47 Å². The van der Waals surface area contributed by atoms with Gasteiger partial charge < -0.3 is 19.5 Å². The van der Waals surface area contributed by atoms with Crippen LogP contribution in [0, 0.1) is 0 Å². The Bertz CT molecular complexity index is 1140. The van der Waals surface area contributed by atoms with Crippen LogP contribution in [-0.4, -0.2) is 47.3 Å². The predicted octanol–water partition coefficient (Wildman–Crippen LogP) is 3.73. The number of ether oxygens (including phenoxy) is 3. The molecule has 1 aliphatic rings. The highest BCUT2D eigenvalue weighted by Gasteiger charge is 2.37. The number of methoxy groups -OCH3 is 1. The number of rotatable bonds is 7. The predicted molar refractivity (Wildman–Crippen MR) is 111 cm³/mol.